The largest absolute Gasteiger partial charge is 0.465 e. The number of ether oxygens (including phenoxy) is 2. The van der Waals surface area contributed by atoms with E-state index in [1.165, 1.54) is 0 Å². The summed E-state index contributed by atoms with van der Waals surface area (Å²) in [6.45, 7) is 1.88. The lowest BCUT2D eigenvalue weighted by Crippen LogP contribution is -2.13. The van der Waals surface area contributed by atoms with Gasteiger partial charge in [0.15, 0.2) is 6.29 Å². The summed E-state index contributed by atoms with van der Waals surface area (Å²) in [4.78, 5) is 2.22. The van der Waals surface area contributed by atoms with Gasteiger partial charge >= 0.3 is 0 Å². The van der Waals surface area contributed by atoms with Gasteiger partial charge in [-0.25, -0.2) is 0 Å². The molecule has 184 valence electrons. The van der Waals surface area contributed by atoms with E-state index in [2.05, 4.69) is 53.4 Å². The third-order valence-corrected chi connectivity index (χ3v) is 6.02. The molecular weight excluding hydrogens is 458 g/mol. The van der Waals surface area contributed by atoms with Gasteiger partial charge in [0.25, 0.3) is 0 Å². The molecule has 0 saturated heterocycles. The van der Waals surface area contributed by atoms with Crippen molar-refractivity contribution in [3.63, 3.8) is 0 Å². The zero-order valence-corrected chi connectivity index (χ0v) is 20.7. The van der Waals surface area contributed by atoms with E-state index in [-0.39, 0.29) is 0 Å². The fourth-order valence-electron chi connectivity index (χ4n) is 4.08. The van der Waals surface area contributed by atoms with E-state index >= 15 is 0 Å². The van der Waals surface area contributed by atoms with E-state index in [0.29, 0.717) is 12.2 Å². The van der Waals surface area contributed by atoms with Crippen LogP contribution in [0.1, 0.15) is 13.3 Å². The van der Waals surface area contributed by atoms with Crippen LogP contribution < -0.4 is 14.4 Å². The number of anilines is 3. The van der Waals surface area contributed by atoms with Gasteiger partial charge in [0.05, 0.1) is 0 Å². The van der Waals surface area contributed by atoms with Gasteiger partial charge in [-0.3, -0.25) is 0 Å². The number of hydrogen-bond donors (Lipinski definition) is 1. The van der Waals surface area contributed by atoms with Crippen molar-refractivity contribution in [2.75, 3.05) is 4.90 Å². The van der Waals surface area contributed by atoms with Gasteiger partial charge in [-0.1, -0.05) is 67.6 Å². The quantitative estimate of drug-likeness (QED) is 0.211. The summed E-state index contributed by atoms with van der Waals surface area (Å²) in [6, 6.07) is 44.5. The zero-order chi connectivity index (χ0) is 25.5. The fourth-order valence-corrected chi connectivity index (χ4v) is 4.08. The predicted molar refractivity (Wildman–Crippen MR) is 150 cm³/mol. The Morgan fingerprint density at radius 1 is 0.541 bits per heavy atom. The average molecular weight is 488 g/mol. The first kappa shape index (κ1) is 24.2. The van der Waals surface area contributed by atoms with Gasteiger partial charge < -0.3 is 19.5 Å². The predicted octanol–water partition coefficient (Wildman–Crippen LogP) is 8.72. The van der Waals surface area contributed by atoms with Crippen molar-refractivity contribution in [1.82, 2.24) is 0 Å². The van der Waals surface area contributed by atoms with Crippen molar-refractivity contribution >= 4 is 17.1 Å². The number of nitrogens with zero attached hydrogens (tertiary/aromatic N) is 1. The topological polar surface area (TPSA) is 41.9 Å². The average Bonchev–Trinajstić information content (AvgIpc) is 2.96. The second kappa shape index (κ2) is 11.5. The second-order valence-corrected chi connectivity index (χ2v) is 8.63. The van der Waals surface area contributed by atoms with Crippen LogP contribution in [0.15, 0.2) is 133 Å². The molecule has 4 nitrogen and oxygen atoms in total. The molecule has 0 radical (unpaired) electrons. The maximum atomic E-state index is 9.72. The Labute approximate surface area is 218 Å². The molecule has 5 rings (SSSR count). The van der Waals surface area contributed by atoms with E-state index in [1.807, 2.05) is 91.9 Å². The number of benzene rings is 5. The lowest BCUT2D eigenvalue weighted by molar-refractivity contribution is -0.0191. The molecule has 0 aromatic heterocycles. The Kier molecular flexibility index (Phi) is 7.49. The van der Waals surface area contributed by atoms with Gasteiger partial charge in [-0.2, -0.15) is 0 Å². The van der Waals surface area contributed by atoms with Crippen LogP contribution in [0, 0.1) is 0 Å². The van der Waals surface area contributed by atoms with Gasteiger partial charge in [0, 0.05) is 23.5 Å². The van der Waals surface area contributed by atoms with E-state index in [0.717, 1.165) is 39.7 Å². The number of aliphatic hydroxyl groups is 1. The molecule has 4 heteroatoms. The summed E-state index contributed by atoms with van der Waals surface area (Å²) in [7, 11) is 0. The molecule has 0 saturated carbocycles. The molecular formula is C33H29NO3. The van der Waals surface area contributed by atoms with E-state index < -0.39 is 6.29 Å². The van der Waals surface area contributed by atoms with Crippen LogP contribution in [0.2, 0.25) is 0 Å². The van der Waals surface area contributed by atoms with Gasteiger partial charge in [-0.15, -0.1) is 0 Å². The summed E-state index contributed by atoms with van der Waals surface area (Å²) >= 11 is 0. The molecule has 5 aromatic carbocycles. The van der Waals surface area contributed by atoms with Crippen molar-refractivity contribution in [2.24, 2.45) is 0 Å². The summed E-state index contributed by atoms with van der Waals surface area (Å²) in [6.07, 6.45) is -0.239. The lowest BCUT2D eigenvalue weighted by Gasteiger charge is -2.26. The van der Waals surface area contributed by atoms with Crippen LogP contribution in [-0.4, -0.2) is 11.4 Å². The van der Waals surface area contributed by atoms with Gasteiger partial charge in [-0.05, 0) is 83.9 Å². The maximum absolute atomic E-state index is 9.72. The minimum atomic E-state index is -0.784. The molecule has 5 aromatic rings. The molecule has 0 fully saturated rings. The molecule has 0 amide bonds. The third kappa shape index (κ3) is 6.00. The van der Waals surface area contributed by atoms with Crippen molar-refractivity contribution in [2.45, 2.75) is 19.6 Å². The Bertz CT molecular complexity index is 1380. The number of para-hydroxylation sites is 2. The molecule has 37 heavy (non-hydrogen) atoms. The molecule has 0 aliphatic rings. The first-order chi connectivity index (χ1) is 18.2. The second-order valence-electron chi connectivity index (χ2n) is 8.63. The first-order valence-electron chi connectivity index (χ1n) is 12.4. The summed E-state index contributed by atoms with van der Waals surface area (Å²) in [5.74, 6) is 2.26. The monoisotopic (exact) mass is 487 g/mol. The molecule has 0 unspecified atom stereocenters. The van der Waals surface area contributed by atoms with Crippen molar-refractivity contribution in [3.8, 4) is 28.4 Å². The van der Waals surface area contributed by atoms with E-state index in [4.69, 9.17) is 9.47 Å². The Balaban J connectivity index is 1.39. The molecule has 1 atom stereocenters. The minimum Gasteiger partial charge on any atom is -0.465 e. The highest BCUT2D eigenvalue weighted by Crippen LogP contribution is 2.36. The first-order valence-corrected chi connectivity index (χ1v) is 12.4. The highest BCUT2D eigenvalue weighted by Gasteiger charge is 2.13. The normalized spacial score (nSPS) is 11.5. The standard InChI is InChI=1S/C33H29NO3/c1-2-33(35)37-32-21-15-26(16-22-32)25-13-17-28(18-14-25)34(27-9-5-3-6-10-27)29-19-23-31(24-20-29)36-30-11-7-4-8-12-30/h3-24,33,35H,2H2,1H3/t33-/m0/s1. The highest BCUT2D eigenvalue weighted by molar-refractivity contribution is 5.78. The van der Waals surface area contributed by atoms with Crippen LogP contribution in [0.4, 0.5) is 17.1 Å². The Hall–Kier alpha value is -4.54. The Morgan fingerprint density at radius 3 is 1.54 bits per heavy atom. The molecule has 0 spiro atoms. The fraction of sp³-hybridized carbons (Fsp3) is 0.0909. The lowest BCUT2D eigenvalue weighted by atomic mass is 10.0. The highest BCUT2D eigenvalue weighted by atomic mass is 16.6. The summed E-state index contributed by atoms with van der Waals surface area (Å²) in [5.41, 5.74) is 5.35. The van der Waals surface area contributed by atoms with E-state index in [9.17, 15) is 5.11 Å². The summed E-state index contributed by atoms with van der Waals surface area (Å²) in [5, 5.41) is 9.72. The maximum Gasteiger partial charge on any atom is 0.197 e. The van der Waals surface area contributed by atoms with Crippen LogP contribution >= 0.6 is 0 Å². The van der Waals surface area contributed by atoms with Crippen LogP contribution in [0.3, 0.4) is 0 Å². The van der Waals surface area contributed by atoms with Crippen molar-refractivity contribution in [1.29, 1.82) is 0 Å². The minimum absolute atomic E-state index is 0.546. The number of rotatable bonds is 9. The van der Waals surface area contributed by atoms with Crippen LogP contribution in [0.25, 0.3) is 11.1 Å². The van der Waals surface area contributed by atoms with Crippen molar-refractivity contribution in [3.05, 3.63) is 133 Å². The van der Waals surface area contributed by atoms with E-state index in [1.54, 1.807) is 0 Å². The SMILES string of the molecule is CC[C@@H](O)Oc1ccc(-c2ccc(N(c3ccccc3)c3ccc(Oc4ccccc4)cc3)cc2)cc1. The smallest absolute Gasteiger partial charge is 0.197 e. The van der Waals surface area contributed by atoms with Crippen molar-refractivity contribution < 1.29 is 14.6 Å². The number of hydrogen-bond acceptors (Lipinski definition) is 4. The van der Waals surface area contributed by atoms with Gasteiger partial charge in [0.1, 0.15) is 17.2 Å². The molecule has 1 N–H and O–H groups in total. The summed E-state index contributed by atoms with van der Waals surface area (Å²) < 4.78 is 11.5. The van der Waals surface area contributed by atoms with Gasteiger partial charge in [0.2, 0.25) is 0 Å². The molecule has 0 heterocycles. The Morgan fingerprint density at radius 2 is 0.973 bits per heavy atom. The number of aliphatic hydroxyl groups excluding tert-OH is 1. The zero-order valence-electron chi connectivity index (χ0n) is 20.7. The molecule has 0 aliphatic heterocycles. The molecule has 0 aliphatic carbocycles. The van der Waals surface area contributed by atoms with Crippen LogP contribution in [0.5, 0.6) is 17.2 Å². The third-order valence-electron chi connectivity index (χ3n) is 6.02. The molecule has 0 bridgehead atoms. The van der Waals surface area contributed by atoms with Crippen LogP contribution in [-0.2, 0) is 0 Å².